The molecule has 0 heterocycles. The monoisotopic (exact) mass is 158 g/mol. The van der Waals surface area contributed by atoms with E-state index >= 15 is 0 Å². The molecule has 0 saturated heterocycles. The van der Waals surface area contributed by atoms with Crippen LogP contribution in [0.25, 0.3) is 0 Å². The highest BCUT2D eigenvalue weighted by Gasteiger charge is 2.25. The van der Waals surface area contributed by atoms with Crippen LogP contribution in [0.5, 0.6) is 0 Å². The summed E-state index contributed by atoms with van der Waals surface area (Å²) in [4.78, 5) is 0. The maximum absolute atomic E-state index is 9.41. The van der Waals surface area contributed by atoms with E-state index in [1.807, 2.05) is 20.1 Å². The standard InChI is InChI=1S/C8H14OS/c1-5-6-7(9)8(2,3)10-4/h1,7,9H,6H2,2-4H3. The van der Waals surface area contributed by atoms with Gasteiger partial charge in [0.05, 0.1) is 6.10 Å². The summed E-state index contributed by atoms with van der Waals surface area (Å²) in [7, 11) is 0. The fourth-order valence-electron chi connectivity index (χ4n) is 0.493. The summed E-state index contributed by atoms with van der Waals surface area (Å²) in [5, 5.41) is 9.41. The van der Waals surface area contributed by atoms with Gasteiger partial charge >= 0.3 is 0 Å². The summed E-state index contributed by atoms with van der Waals surface area (Å²) in [6.45, 7) is 3.97. The summed E-state index contributed by atoms with van der Waals surface area (Å²) in [6.07, 6.45) is 7.08. The molecule has 58 valence electrons. The van der Waals surface area contributed by atoms with Gasteiger partial charge in [0.1, 0.15) is 0 Å². The van der Waals surface area contributed by atoms with Crippen molar-refractivity contribution in [3.05, 3.63) is 0 Å². The lowest BCUT2D eigenvalue weighted by Crippen LogP contribution is -2.31. The van der Waals surface area contributed by atoms with E-state index in [4.69, 9.17) is 6.42 Å². The quantitative estimate of drug-likeness (QED) is 0.628. The Hall–Kier alpha value is -0.130. The number of thioether (sulfide) groups is 1. The van der Waals surface area contributed by atoms with Crippen LogP contribution in [-0.2, 0) is 0 Å². The Morgan fingerprint density at radius 1 is 1.70 bits per heavy atom. The molecule has 0 aromatic heterocycles. The Kier molecular flexibility index (Phi) is 3.85. The molecule has 0 rings (SSSR count). The van der Waals surface area contributed by atoms with Gasteiger partial charge in [-0.25, -0.2) is 0 Å². The number of aliphatic hydroxyl groups excluding tert-OH is 1. The Balaban J connectivity index is 3.93. The predicted molar refractivity (Wildman–Crippen MR) is 47.1 cm³/mol. The lowest BCUT2D eigenvalue weighted by molar-refractivity contribution is 0.147. The van der Waals surface area contributed by atoms with Crippen molar-refractivity contribution in [2.75, 3.05) is 6.26 Å². The molecular weight excluding hydrogens is 144 g/mol. The Bertz CT molecular complexity index is 135. The van der Waals surface area contributed by atoms with Crippen LogP contribution in [0.1, 0.15) is 20.3 Å². The average Bonchev–Trinajstić information content (AvgIpc) is 1.89. The molecule has 1 atom stereocenters. The molecule has 0 aliphatic heterocycles. The van der Waals surface area contributed by atoms with E-state index in [2.05, 4.69) is 5.92 Å². The molecule has 0 aliphatic carbocycles. The fourth-order valence-corrected chi connectivity index (χ4v) is 0.849. The lowest BCUT2D eigenvalue weighted by atomic mass is 10.0. The minimum Gasteiger partial charge on any atom is -0.391 e. The molecule has 0 radical (unpaired) electrons. The van der Waals surface area contributed by atoms with Gasteiger partial charge in [-0.05, 0) is 20.1 Å². The van der Waals surface area contributed by atoms with E-state index in [-0.39, 0.29) is 4.75 Å². The van der Waals surface area contributed by atoms with Crippen molar-refractivity contribution in [1.29, 1.82) is 0 Å². The molecule has 2 heteroatoms. The van der Waals surface area contributed by atoms with Crippen LogP contribution < -0.4 is 0 Å². The molecule has 0 fully saturated rings. The third kappa shape index (κ3) is 2.64. The first-order valence-electron chi connectivity index (χ1n) is 3.21. The van der Waals surface area contributed by atoms with E-state index < -0.39 is 6.10 Å². The summed E-state index contributed by atoms with van der Waals surface area (Å²) < 4.78 is -0.119. The molecule has 1 nitrogen and oxygen atoms in total. The Morgan fingerprint density at radius 2 is 2.20 bits per heavy atom. The van der Waals surface area contributed by atoms with Crippen molar-refractivity contribution >= 4 is 11.8 Å². The SMILES string of the molecule is C#CCC(O)C(C)(C)SC. The van der Waals surface area contributed by atoms with Crippen molar-refractivity contribution < 1.29 is 5.11 Å². The molecule has 10 heavy (non-hydrogen) atoms. The first kappa shape index (κ1) is 9.87. The second-order valence-corrected chi connectivity index (χ2v) is 4.19. The van der Waals surface area contributed by atoms with Crippen LogP contribution in [0.15, 0.2) is 0 Å². The van der Waals surface area contributed by atoms with Gasteiger partial charge in [-0.1, -0.05) is 0 Å². The summed E-state index contributed by atoms with van der Waals surface area (Å²) in [5.41, 5.74) is 0. The van der Waals surface area contributed by atoms with Gasteiger partial charge in [-0.2, -0.15) is 11.8 Å². The van der Waals surface area contributed by atoms with Gasteiger partial charge in [0, 0.05) is 11.2 Å². The fraction of sp³-hybridized carbons (Fsp3) is 0.750. The van der Waals surface area contributed by atoms with Gasteiger partial charge < -0.3 is 5.11 Å². The highest BCUT2D eigenvalue weighted by atomic mass is 32.2. The van der Waals surface area contributed by atoms with E-state index in [0.29, 0.717) is 6.42 Å². The highest BCUT2D eigenvalue weighted by molar-refractivity contribution is 8.00. The van der Waals surface area contributed by atoms with Crippen LogP contribution in [0.2, 0.25) is 0 Å². The van der Waals surface area contributed by atoms with Crippen molar-refractivity contribution in [1.82, 2.24) is 0 Å². The first-order valence-corrected chi connectivity index (χ1v) is 4.43. The summed E-state index contributed by atoms with van der Waals surface area (Å²) >= 11 is 1.63. The second kappa shape index (κ2) is 3.90. The Labute approximate surface area is 67.2 Å². The van der Waals surface area contributed by atoms with Crippen molar-refractivity contribution in [2.45, 2.75) is 31.1 Å². The second-order valence-electron chi connectivity index (χ2n) is 2.73. The van der Waals surface area contributed by atoms with Crippen LogP contribution in [0.4, 0.5) is 0 Å². The lowest BCUT2D eigenvalue weighted by Gasteiger charge is -2.26. The van der Waals surface area contributed by atoms with Crippen LogP contribution in [0.3, 0.4) is 0 Å². The van der Waals surface area contributed by atoms with Gasteiger partial charge in [-0.15, -0.1) is 12.3 Å². The third-order valence-corrected chi connectivity index (χ3v) is 2.96. The number of hydrogen-bond donors (Lipinski definition) is 1. The minimum atomic E-state index is -0.396. The van der Waals surface area contributed by atoms with E-state index in [9.17, 15) is 5.11 Å². The zero-order valence-electron chi connectivity index (χ0n) is 6.72. The third-order valence-electron chi connectivity index (χ3n) is 1.64. The molecule has 0 aromatic carbocycles. The van der Waals surface area contributed by atoms with Crippen molar-refractivity contribution in [2.24, 2.45) is 0 Å². The molecule has 0 spiro atoms. The van der Waals surface area contributed by atoms with Crippen LogP contribution >= 0.6 is 11.8 Å². The van der Waals surface area contributed by atoms with Gasteiger partial charge in [-0.3, -0.25) is 0 Å². The van der Waals surface area contributed by atoms with E-state index in [0.717, 1.165) is 0 Å². The number of terminal acetylenes is 1. The van der Waals surface area contributed by atoms with Gasteiger partial charge in [0.25, 0.3) is 0 Å². The summed E-state index contributed by atoms with van der Waals surface area (Å²) in [5.74, 6) is 2.44. The first-order chi connectivity index (χ1) is 4.54. The zero-order valence-corrected chi connectivity index (χ0v) is 7.53. The Morgan fingerprint density at radius 3 is 2.50 bits per heavy atom. The van der Waals surface area contributed by atoms with E-state index in [1.54, 1.807) is 11.8 Å². The van der Waals surface area contributed by atoms with Gasteiger partial charge in [0.15, 0.2) is 0 Å². The molecule has 1 N–H and O–H groups in total. The zero-order chi connectivity index (χ0) is 8.20. The number of rotatable bonds is 3. The maximum atomic E-state index is 9.41. The molecule has 1 unspecified atom stereocenters. The predicted octanol–water partition coefficient (Wildman–Crippen LogP) is 1.51. The molecule has 0 saturated carbocycles. The largest absolute Gasteiger partial charge is 0.391 e. The average molecular weight is 158 g/mol. The maximum Gasteiger partial charge on any atom is 0.0790 e. The molecular formula is C8H14OS. The minimum absolute atomic E-state index is 0.119. The topological polar surface area (TPSA) is 20.2 Å². The van der Waals surface area contributed by atoms with Crippen molar-refractivity contribution in [3.63, 3.8) is 0 Å². The van der Waals surface area contributed by atoms with E-state index in [1.165, 1.54) is 0 Å². The molecule has 0 bridgehead atoms. The normalized spacial score (nSPS) is 14.3. The number of aliphatic hydroxyl groups is 1. The summed E-state index contributed by atoms with van der Waals surface area (Å²) in [6, 6.07) is 0. The molecule has 0 aliphatic rings. The van der Waals surface area contributed by atoms with Crippen LogP contribution in [0, 0.1) is 12.3 Å². The van der Waals surface area contributed by atoms with Crippen LogP contribution in [-0.4, -0.2) is 22.2 Å². The van der Waals surface area contributed by atoms with Gasteiger partial charge in [0.2, 0.25) is 0 Å². The molecule has 0 aromatic rings. The number of hydrogen-bond acceptors (Lipinski definition) is 2. The molecule has 0 amide bonds. The smallest absolute Gasteiger partial charge is 0.0790 e. The highest BCUT2D eigenvalue weighted by Crippen LogP contribution is 2.26. The van der Waals surface area contributed by atoms with Crippen molar-refractivity contribution in [3.8, 4) is 12.3 Å².